The van der Waals surface area contributed by atoms with E-state index >= 15 is 0 Å². The molecule has 0 aromatic heterocycles. The first-order chi connectivity index (χ1) is 12.3. The third-order valence-electron chi connectivity index (χ3n) is 3.27. The van der Waals surface area contributed by atoms with Gasteiger partial charge >= 0.3 is 6.18 Å². The van der Waals surface area contributed by atoms with Crippen LogP contribution < -0.4 is 20.1 Å². The topological polar surface area (TPSA) is 58.1 Å². The minimum Gasteiger partial charge on any atom is -0.493 e. The molecule has 0 radical (unpaired) electrons. The SMILES string of the molecule is CCNC(=NCCN(C)CC(F)(F)F)Nc1ccc(OCC)c(OC)c1. The van der Waals surface area contributed by atoms with Gasteiger partial charge in [-0.05, 0) is 33.0 Å². The molecule has 1 aromatic rings. The number of nitrogens with one attached hydrogen (secondary N) is 2. The molecule has 26 heavy (non-hydrogen) atoms. The van der Waals surface area contributed by atoms with Gasteiger partial charge in [-0.1, -0.05) is 0 Å². The van der Waals surface area contributed by atoms with Crippen LogP contribution in [0.1, 0.15) is 13.8 Å². The quantitative estimate of drug-likeness (QED) is 0.513. The number of benzene rings is 1. The summed E-state index contributed by atoms with van der Waals surface area (Å²) < 4.78 is 47.8. The summed E-state index contributed by atoms with van der Waals surface area (Å²) in [4.78, 5) is 5.49. The van der Waals surface area contributed by atoms with Crippen molar-refractivity contribution in [3.05, 3.63) is 18.2 Å². The number of anilines is 1. The standard InChI is InChI=1S/C17H27F3N4O2/c1-5-21-16(22-9-10-24(3)12-17(18,19)20)23-13-7-8-14(26-6-2)15(11-13)25-4/h7-8,11H,5-6,9-10,12H2,1-4H3,(H2,21,22,23). The van der Waals surface area contributed by atoms with E-state index in [0.29, 0.717) is 30.6 Å². The van der Waals surface area contributed by atoms with Crippen LogP contribution in [0.5, 0.6) is 11.5 Å². The lowest BCUT2D eigenvalue weighted by atomic mass is 10.2. The second kappa shape index (κ2) is 10.7. The molecule has 0 atom stereocenters. The average Bonchev–Trinajstić information content (AvgIpc) is 2.55. The van der Waals surface area contributed by atoms with Crippen molar-refractivity contribution in [1.29, 1.82) is 0 Å². The molecule has 0 amide bonds. The fourth-order valence-electron chi connectivity index (χ4n) is 2.18. The molecule has 0 unspecified atom stereocenters. The van der Waals surface area contributed by atoms with Crippen LogP contribution in [0.4, 0.5) is 18.9 Å². The Balaban J connectivity index is 2.72. The van der Waals surface area contributed by atoms with E-state index in [0.717, 1.165) is 5.69 Å². The smallest absolute Gasteiger partial charge is 0.401 e. The zero-order chi connectivity index (χ0) is 19.6. The number of rotatable bonds is 9. The number of guanidine groups is 1. The van der Waals surface area contributed by atoms with Crippen molar-refractivity contribution in [3.8, 4) is 11.5 Å². The molecule has 0 saturated carbocycles. The first-order valence-corrected chi connectivity index (χ1v) is 8.40. The summed E-state index contributed by atoms with van der Waals surface area (Å²) in [6.07, 6.45) is -4.21. The normalized spacial score (nSPS) is 12.2. The summed E-state index contributed by atoms with van der Waals surface area (Å²) in [7, 11) is 2.97. The molecule has 1 aromatic carbocycles. The van der Waals surface area contributed by atoms with E-state index in [1.165, 1.54) is 11.9 Å². The van der Waals surface area contributed by atoms with Gasteiger partial charge in [-0.2, -0.15) is 13.2 Å². The van der Waals surface area contributed by atoms with Crippen molar-refractivity contribution in [3.63, 3.8) is 0 Å². The summed E-state index contributed by atoms with van der Waals surface area (Å²) >= 11 is 0. The molecular formula is C17H27F3N4O2. The Bertz CT molecular complexity index is 580. The highest BCUT2D eigenvalue weighted by Gasteiger charge is 2.28. The highest BCUT2D eigenvalue weighted by molar-refractivity contribution is 5.93. The van der Waals surface area contributed by atoms with Crippen LogP contribution in [0.25, 0.3) is 0 Å². The van der Waals surface area contributed by atoms with E-state index in [-0.39, 0.29) is 13.1 Å². The van der Waals surface area contributed by atoms with E-state index in [4.69, 9.17) is 9.47 Å². The van der Waals surface area contributed by atoms with Gasteiger partial charge in [-0.25, -0.2) is 0 Å². The number of ether oxygens (including phenoxy) is 2. The van der Waals surface area contributed by atoms with Gasteiger partial charge in [0.05, 0.1) is 26.8 Å². The maximum absolute atomic E-state index is 12.3. The van der Waals surface area contributed by atoms with Crippen molar-refractivity contribution in [2.45, 2.75) is 20.0 Å². The molecule has 0 bridgehead atoms. The van der Waals surface area contributed by atoms with E-state index in [9.17, 15) is 13.2 Å². The lowest BCUT2D eigenvalue weighted by Crippen LogP contribution is -2.34. The second-order valence-corrected chi connectivity index (χ2v) is 5.54. The molecule has 0 spiro atoms. The van der Waals surface area contributed by atoms with Crippen LogP contribution in [0.2, 0.25) is 0 Å². The maximum atomic E-state index is 12.3. The fourth-order valence-corrected chi connectivity index (χ4v) is 2.18. The summed E-state index contributed by atoms with van der Waals surface area (Å²) in [5, 5.41) is 6.16. The number of likely N-dealkylation sites (N-methyl/N-ethyl adjacent to an activating group) is 1. The van der Waals surface area contributed by atoms with Crippen LogP contribution in [-0.2, 0) is 0 Å². The molecular weight excluding hydrogens is 349 g/mol. The number of methoxy groups -OCH3 is 1. The fraction of sp³-hybridized carbons (Fsp3) is 0.588. The van der Waals surface area contributed by atoms with Gasteiger partial charge in [0.15, 0.2) is 17.5 Å². The molecule has 6 nitrogen and oxygen atoms in total. The molecule has 0 fully saturated rings. The Morgan fingerprint density at radius 3 is 2.54 bits per heavy atom. The monoisotopic (exact) mass is 376 g/mol. The van der Waals surface area contributed by atoms with E-state index in [2.05, 4.69) is 15.6 Å². The minimum absolute atomic E-state index is 0.197. The number of hydrogen-bond acceptors (Lipinski definition) is 4. The second-order valence-electron chi connectivity index (χ2n) is 5.54. The van der Waals surface area contributed by atoms with Gasteiger partial charge in [-0.15, -0.1) is 0 Å². The Morgan fingerprint density at radius 2 is 1.96 bits per heavy atom. The largest absolute Gasteiger partial charge is 0.493 e. The average molecular weight is 376 g/mol. The predicted octanol–water partition coefficient (Wildman–Crippen LogP) is 2.97. The van der Waals surface area contributed by atoms with Crippen LogP contribution in [-0.4, -0.2) is 64.0 Å². The molecule has 148 valence electrons. The van der Waals surface area contributed by atoms with Crippen molar-refractivity contribution < 1.29 is 22.6 Å². The number of halogens is 3. The highest BCUT2D eigenvalue weighted by atomic mass is 19.4. The Kier molecular flexibility index (Phi) is 9.04. The molecule has 0 aliphatic heterocycles. The van der Waals surface area contributed by atoms with E-state index < -0.39 is 12.7 Å². The van der Waals surface area contributed by atoms with Crippen molar-refractivity contribution >= 4 is 11.6 Å². The summed E-state index contributed by atoms with van der Waals surface area (Å²) in [6.45, 7) is 4.42. The van der Waals surface area contributed by atoms with E-state index in [1.807, 2.05) is 19.9 Å². The highest BCUT2D eigenvalue weighted by Crippen LogP contribution is 2.30. The molecule has 1 rings (SSSR count). The lowest BCUT2D eigenvalue weighted by Gasteiger charge is -2.18. The molecule has 2 N–H and O–H groups in total. The number of nitrogens with zero attached hydrogens (tertiary/aromatic N) is 2. The maximum Gasteiger partial charge on any atom is 0.401 e. The Hall–Kier alpha value is -2.16. The number of alkyl halides is 3. The van der Waals surface area contributed by atoms with Gasteiger partial charge in [-0.3, -0.25) is 9.89 Å². The van der Waals surface area contributed by atoms with Crippen LogP contribution in [0.3, 0.4) is 0 Å². The summed E-state index contributed by atoms with van der Waals surface area (Å²) in [5.41, 5.74) is 0.730. The summed E-state index contributed by atoms with van der Waals surface area (Å²) in [5.74, 6) is 1.70. The van der Waals surface area contributed by atoms with Gasteiger partial charge in [0.25, 0.3) is 0 Å². The van der Waals surface area contributed by atoms with Crippen molar-refractivity contribution in [2.24, 2.45) is 4.99 Å². The van der Waals surface area contributed by atoms with Crippen LogP contribution in [0, 0.1) is 0 Å². The molecule has 9 heteroatoms. The Labute approximate surface area is 152 Å². The van der Waals surface area contributed by atoms with Crippen molar-refractivity contribution in [1.82, 2.24) is 10.2 Å². The van der Waals surface area contributed by atoms with Gasteiger partial charge in [0, 0.05) is 24.8 Å². The third kappa shape index (κ3) is 8.28. The zero-order valence-corrected chi connectivity index (χ0v) is 15.6. The third-order valence-corrected chi connectivity index (χ3v) is 3.27. The van der Waals surface area contributed by atoms with Crippen LogP contribution >= 0.6 is 0 Å². The number of hydrogen-bond donors (Lipinski definition) is 2. The first kappa shape index (κ1) is 21.9. The molecule has 0 heterocycles. The lowest BCUT2D eigenvalue weighted by molar-refractivity contribution is -0.142. The van der Waals surface area contributed by atoms with E-state index in [1.54, 1.807) is 19.2 Å². The zero-order valence-electron chi connectivity index (χ0n) is 15.6. The predicted molar refractivity (Wildman–Crippen MR) is 97.3 cm³/mol. The Morgan fingerprint density at radius 1 is 1.23 bits per heavy atom. The minimum atomic E-state index is -4.21. The van der Waals surface area contributed by atoms with Crippen LogP contribution in [0.15, 0.2) is 23.2 Å². The molecule has 0 aliphatic rings. The van der Waals surface area contributed by atoms with Gasteiger partial charge < -0.3 is 20.1 Å². The summed E-state index contributed by atoms with van der Waals surface area (Å²) in [6, 6.07) is 5.37. The molecule has 0 aliphatic carbocycles. The molecule has 0 saturated heterocycles. The van der Waals surface area contributed by atoms with Gasteiger partial charge in [0.1, 0.15) is 0 Å². The number of aliphatic imine (C=N–C) groups is 1. The van der Waals surface area contributed by atoms with Gasteiger partial charge in [0.2, 0.25) is 0 Å². The van der Waals surface area contributed by atoms with Crippen molar-refractivity contribution in [2.75, 3.05) is 52.3 Å². The first-order valence-electron chi connectivity index (χ1n) is 8.40.